The number of likely N-dealkylation sites (N-methyl/N-ethyl adjacent to an activating group) is 1. The van der Waals surface area contributed by atoms with Crippen molar-refractivity contribution < 1.29 is 0 Å². The largest absolute Gasteiger partial charge is 0.308 e. The molecule has 0 aliphatic carbocycles. The smallest absolute Gasteiger partial charge is 0.0200 e. The van der Waals surface area contributed by atoms with E-state index in [1.165, 1.54) is 45.3 Å². The molecule has 1 heterocycles. The Morgan fingerprint density at radius 2 is 1.93 bits per heavy atom. The topological polar surface area (TPSA) is 15.3 Å². The molecule has 0 radical (unpaired) electrons. The van der Waals surface area contributed by atoms with Crippen LogP contribution in [0.25, 0.3) is 0 Å². The molecule has 1 saturated heterocycles. The summed E-state index contributed by atoms with van der Waals surface area (Å²) in [6.07, 6.45) is 5.17. The van der Waals surface area contributed by atoms with Gasteiger partial charge in [-0.2, -0.15) is 0 Å². The first-order chi connectivity index (χ1) is 7.13. The zero-order valence-electron chi connectivity index (χ0n) is 11.0. The first-order valence-electron chi connectivity index (χ1n) is 6.63. The van der Waals surface area contributed by atoms with Crippen LogP contribution in [-0.2, 0) is 0 Å². The number of piperidine rings is 1. The highest BCUT2D eigenvalue weighted by atomic mass is 15.2. The molecule has 0 aromatic rings. The fraction of sp³-hybridized carbons (Fsp3) is 1.00. The maximum atomic E-state index is 3.85. The average Bonchev–Trinajstić information content (AvgIpc) is 2.29. The Bertz CT molecular complexity index is 175. The first-order valence-corrected chi connectivity index (χ1v) is 6.63. The van der Waals surface area contributed by atoms with Gasteiger partial charge in [-0.25, -0.2) is 0 Å². The maximum Gasteiger partial charge on any atom is 0.0200 e. The van der Waals surface area contributed by atoms with E-state index in [4.69, 9.17) is 0 Å². The molecule has 15 heavy (non-hydrogen) atoms. The van der Waals surface area contributed by atoms with E-state index in [9.17, 15) is 0 Å². The van der Waals surface area contributed by atoms with Crippen LogP contribution in [0, 0.1) is 0 Å². The van der Waals surface area contributed by atoms with E-state index in [1.54, 1.807) is 0 Å². The Morgan fingerprint density at radius 3 is 2.47 bits per heavy atom. The zero-order chi connectivity index (χ0) is 11.3. The molecule has 0 spiro atoms. The van der Waals surface area contributed by atoms with Crippen LogP contribution in [-0.4, -0.2) is 36.1 Å². The van der Waals surface area contributed by atoms with Gasteiger partial charge in [0.25, 0.3) is 0 Å². The van der Waals surface area contributed by atoms with E-state index < -0.39 is 0 Å². The Kier molecular flexibility index (Phi) is 5.07. The molecular weight excluding hydrogens is 184 g/mol. The minimum absolute atomic E-state index is 0.349. The SMILES string of the molecule is CCN1CCCC(NC(C)(CC)CC)C1. The molecule has 1 aliphatic rings. The molecule has 0 bridgehead atoms. The monoisotopic (exact) mass is 212 g/mol. The molecule has 2 heteroatoms. The van der Waals surface area contributed by atoms with Crippen LogP contribution in [0.5, 0.6) is 0 Å². The van der Waals surface area contributed by atoms with Crippen molar-refractivity contribution in [3.63, 3.8) is 0 Å². The minimum atomic E-state index is 0.349. The zero-order valence-corrected chi connectivity index (χ0v) is 11.0. The maximum absolute atomic E-state index is 3.85. The fourth-order valence-electron chi connectivity index (χ4n) is 2.41. The van der Waals surface area contributed by atoms with Gasteiger partial charge >= 0.3 is 0 Å². The molecule has 0 amide bonds. The molecule has 1 atom stereocenters. The highest BCUT2D eigenvalue weighted by Crippen LogP contribution is 2.18. The van der Waals surface area contributed by atoms with Crippen LogP contribution < -0.4 is 5.32 Å². The van der Waals surface area contributed by atoms with E-state index in [2.05, 4.69) is 37.9 Å². The average molecular weight is 212 g/mol. The Hall–Kier alpha value is -0.0800. The quantitative estimate of drug-likeness (QED) is 0.753. The van der Waals surface area contributed by atoms with Crippen molar-refractivity contribution in [2.24, 2.45) is 0 Å². The van der Waals surface area contributed by atoms with Crippen LogP contribution in [0.2, 0.25) is 0 Å². The summed E-state index contributed by atoms with van der Waals surface area (Å²) in [5.74, 6) is 0. The summed E-state index contributed by atoms with van der Waals surface area (Å²) in [5, 5.41) is 3.85. The van der Waals surface area contributed by atoms with Crippen LogP contribution in [0.4, 0.5) is 0 Å². The lowest BCUT2D eigenvalue weighted by Crippen LogP contribution is -2.53. The number of nitrogens with zero attached hydrogens (tertiary/aromatic N) is 1. The first kappa shape index (κ1) is 13.0. The lowest BCUT2D eigenvalue weighted by molar-refractivity contribution is 0.166. The number of hydrogen-bond donors (Lipinski definition) is 1. The third-order valence-corrected chi connectivity index (χ3v) is 4.07. The van der Waals surface area contributed by atoms with Crippen molar-refractivity contribution in [1.29, 1.82) is 0 Å². The van der Waals surface area contributed by atoms with E-state index in [-0.39, 0.29) is 0 Å². The molecule has 2 nitrogen and oxygen atoms in total. The van der Waals surface area contributed by atoms with Crippen LogP contribution in [0.1, 0.15) is 53.4 Å². The second-order valence-electron chi connectivity index (χ2n) is 5.14. The van der Waals surface area contributed by atoms with Gasteiger partial charge in [0, 0.05) is 18.1 Å². The van der Waals surface area contributed by atoms with Gasteiger partial charge in [0.2, 0.25) is 0 Å². The normalized spacial score (nSPS) is 24.4. The van der Waals surface area contributed by atoms with Crippen molar-refractivity contribution in [3.05, 3.63) is 0 Å². The van der Waals surface area contributed by atoms with Gasteiger partial charge in [-0.1, -0.05) is 20.8 Å². The Morgan fingerprint density at radius 1 is 1.27 bits per heavy atom. The van der Waals surface area contributed by atoms with E-state index in [0.29, 0.717) is 11.6 Å². The van der Waals surface area contributed by atoms with E-state index in [1.807, 2.05) is 0 Å². The lowest BCUT2D eigenvalue weighted by atomic mass is 9.92. The fourth-order valence-corrected chi connectivity index (χ4v) is 2.41. The van der Waals surface area contributed by atoms with E-state index in [0.717, 1.165) is 0 Å². The molecular formula is C13H28N2. The van der Waals surface area contributed by atoms with Gasteiger partial charge in [-0.05, 0) is 45.7 Å². The van der Waals surface area contributed by atoms with Crippen LogP contribution in [0.15, 0.2) is 0 Å². The third kappa shape index (κ3) is 3.76. The molecule has 1 fully saturated rings. The van der Waals surface area contributed by atoms with Crippen molar-refractivity contribution in [1.82, 2.24) is 10.2 Å². The van der Waals surface area contributed by atoms with Crippen molar-refractivity contribution in [2.75, 3.05) is 19.6 Å². The molecule has 1 unspecified atom stereocenters. The van der Waals surface area contributed by atoms with Crippen molar-refractivity contribution >= 4 is 0 Å². The van der Waals surface area contributed by atoms with Gasteiger partial charge in [0.1, 0.15) is 0 Å². The number of nitrogens with one attached hydrogen (secondary N) is 1. The Balaban J connectivity index is 2.43. The van der Waals surface area contributed by atoms with E-state index >= 15 is 0 Å². The van der Waals surface area contributed by atoms with Crippen molar-refractivity contribution in [2.45, 2.75) is 65.0 Å². The van der Waals surface area contributed by atoms with Gasteiger partial charge in [0.05, 0.1) is 0 Å². The highest BCUT2D eigenvalue weighted by molar-refractivity contribution is 4.87. The van der Waals surface area contributed by atoms with Crippen molar-refractivity contribution in [3.8, 4) is 0 Å². The minimum Gasteiger partial charge on any atom is -0.308 e. The van der Waals surface area contributed by atoms with Gasteiger partial charge in [-0.3, -0.25) is 0 Å². The number of rotatable bonds is 5. The highest BCUT2D eigenvalue weighted by Gasteiger charge is 2.26. The molecule has 0 aromatic heterocycles. The predicted molar refractivity (Wildman–Crippen MR) is 67.3 cm³/mol. The van der Waals surface area contributed by atoms with Gasteiger partial charge in [-0.15, -0.1) is 0 Å². The molecule has 1 rings (SSSR count). The lowest BCUT2D eigenvalue weighted by Gasteiger charge is -2.39. The molecule has 90 valence electrons. The molecule has 0 aromatic carbocycles. The Labute approximate surface area is 95.4 Å². The van der Waals surface area contributed by atoms with Crippen LogP contribution >= 0.6 is 0 Å². The third-order valence-electron chi connectivity index (χ3n) is 4.07. The number of hydrogen-bond acceptors (Lipinski definition) is 2. The van der Waals surface area contributed by atoms with Gasteiger partial charge in [0.15, 0.2) is 0 Å². The number of likely N-dealkylation sites (tertiary alicyclic amines) is 1. The summed E-state index contributed by atoms with van der Waals surface area (Å²) < 4.78 is 0. The molecule has 1 aliphatic heterocycles. The summed E-state index contributed by atoms with van der Waals surface area (Å²) in [5.41, 5.74) is 0.349. The molecule has 0 saturated carbocycles. The second-order valence-corrected chi connectivity index (χ2v) is 5.14. The standard InChI is InChI=1S/C13H28N2/c1-5-13(4,6-2)14-12-9-8-10-15(7-3)11-12/h12,14H,5-11H2,1-4H3. The summed E-state index contributed by atoms with van der Waals surface area (Å²) in [6, 6.07) is 0.712. The van der Waals surface area contributed by atoms with Gasteiger partial charge < -0.3 is 10.2 Å². The summed E-state index contributed by atoms with van der Waals surface area (Å²) in [6.45, 7) is 12.9. The summed E-state index contributed by atoms with van der Waals surface area (Å²) in [7, 11) is 0. The summed E-state index contributed by atoms with van der Waals surface area (Å²) >= 11 is 0. The molecule has 1 N–H and O–H groups in total. The summed E-state index contributed by atoms with van der Waals surface area (Å²) in [4.78, 5) is 2.56. The second kappa shape index (κ2) is 5.86. The predicted octanol–water partition coefficient (Wildman–Crippen LogP) is 2.64. The van der Waals surface area contributed by atoms with Crippen LogP contribution in [0.3, 0.4) is 0 Å².